The average Bonchev–Trinajstić information content (AvgIpc) is 1.63. The Hall–Kier alpha value is -18.2. The average molecular weight is 2040 g/mol. The second-order valence-corrected chi connectivity index (χ2v) is 37.5. The number of urea groups is 4. The van der Waals surface area contributed by atoms with E-state index in [-0.39, 0.29) is 69.4 Å². The molecular formula is C107H106N22O21. The summed E-state index contributed by atoms with van der Waals surface area (Å²) in [6.45, 7) is 11.2. The number of amidine groups is 4. The lowest BCUT2D eigenvalue weighted by Gasteiger charge is -2.36. The molecule has 4 atom stereocenters. The lowest BCUT2D eigenvalue weighted by Crippen LogP contribution is -2.54. The molecule has 12 aliphatic heterocycles. The van der Waals surface area contributed by atoms with E-state index in [4.69, 9.17) is 23.7 Å². The molecule has 1 saturated carbocycles. The molecule has 1 aliphatic carbocycles. The molecule has 13 aliphatic rings. The van der Waals surface area contributed by atoms with E-state index in [1.54, 1.807) is 133 Å². The monoisotopic (exact) mass is 2030 g/mol. The standard InChI is InChI=1S/C29H30N6O5.C27H28N6O5.C26H25N5O6.C25H23N5O5/c1-40-23-9-6-21-17-35(26(36)24(21)16-23)18-29(27(37)30-28(38)31-29)11-10-19-2-4-20(5-3-19)25(32-39)34-14-12-33(13-15-34)22-7-8-22;1-31-10-12-32(13-11-31)23(30-37)19-5-3-4-18(14-19)8-9-27(25(35)28-26(36)29-27)17-33-16-20-6-7-21(38-2)15-22(20)24(33)34;1-36-20-6-5-19-15-31(23(32)21(19)14-20)16-26(24(33)27-25(34)28-26)8-7-17-3-2-4-18(13-17)22(29-35)30-9-11-37-12-10-30;1-35-19-8-7-18-14-30(22(31)20(18)13-19)15-25(23(32)26-24(33)27-25)10-9-16-3-5-17(6-4-16)21(28-34)29-11-2-12-29/h2-6,9,16,22,39H,7-8,12-15,17-18H2,1H3,(H2,30,31,37,38);3-7,14-15,37H,10-13,16-17H2,1-2H3,(H2,28,29,35,36);2-6,13-14,35H,9-12,15-16H2,1H3,(H2,27,28,33,34);3-8,13,34H,2,11-12,14-15H2,1H3,(H2,26,27,32,33)/t29-;27-;26-;25-/m1111/s1. The number of ether oxygens (including phenoxy) is 5. The van der Waals surface area contributed by atoms with Crippen molar-refractivity contribution >= 4 is 94.7 Å². The van der Waals surface area contributed by atoms with Gasteiger partial charge in [0.2, 0.25) is 22.2 Å². The van der Waals surface area contributed by atoms with Crippen LogP contribution in [0.25, 0.3) is 0 Å². The number of likely N-dealkylation sites (tertiary alicyclic amines) is 1. The molecule has 16 amide bonds. The largest absolute Gasteiger partial charge is 0.497 e. The molecule has 9 fully saturated rings. The van der Waals surface area contributed by atoms with Crippen molar-refractivity contribution in [3.8, 4) is 70.4 Å². The highest BCUT2D eigenvalue weighted by atomic mass is 16.5. The maximum Gasteiger partial charge on any atom is 0.323 e. The maximum atomic E-state index is 13.1. The number of benzene rings is 8. The smallest absolute Gasteiger partial charge is 0.323 e. The van der Waals surface area contributed by atoms with Gasteiger partial charge in [-0.25, -0.2) is 19.2 Å². The van der Waals surface area contributed by atoms with Gasteiger partial charge in [0.25, 0.3) is 47.3 Å². The quantitative estimate of drug-likeness (QED) is 0.0154. The number of piperazine rings is 2. The van der Waals surface area contributed by atoms with Crippen molar-refractivity contribution in [1.29, 1.82) is 0 Å². The SMILES string of the molecule is COc1ccc2c(c1)C(=O)N(C[C@@]1(C#Cc3ccc(C(=NO)N4CCC4)cc3)NC(=O)NC1=O)C2.COc1ccc2c(c1)C(=O)N(C[C@@]1(C#Cc3ccc(C(=NO)N4CCN(C5CC5)CC4)cc3)NC(=O)NC1=O)C2.COc1ccc2c(c1)C(=O)N(C[C@@]1(C#Cc3cccc(C(=NO)N4CCN(C)CC4)c3)NC(=O)NC1=O)C2.COc1ccc2c(c1)C(=O)N(C[C@@]1(C#Cc3cccc(C(=NO)N4CCOCC4)c3)NC(=O)NC1=O)C2. The number of hydrogen-bond acceptors (Lipinski definition) is 27. The first-order valence-corrected chi connectivity index (χ1v) is 48.4. The summed E-state index contributed by atoms with van der Waals surface area (Å²) in [7, 11) is 8.14. The summed E-state index contributed by atoms with van der Waals surface area (Å²) in [6, 6.07) is 47.5. The summed E-state index contributed by atoms with van der Waals surface area (Å²) in [4.78, 5) is 171. The number of likely N-dealkylation sites (N-methyl/N-ethyl adjacent to an activating group) is 1. The fraction of sp³-hybridized carbons (Fsp3) is 0.327. The van der Waals surface area contributed by atoms with Crippen molar-refractivity contribution in [3.05, 3.63) is 259 Å². The third-order valence-electron chi connectivity index (χ3n) is 27.8. The van der Waals surface area contributed by atoms with Gasteiger partial charge in [0, 0.05) is 178 Å². The summed E-state index contributed by atoms with van der Waals surface area (Å²) in [5.41, 5.74) is 3.87. The van der Waals surface area contributed by atoms with E-state index < -0.39 is 69.9 Å². The van der Waals surface area contributed by atoms with E-state index in [1.165, 1.54) is 60.9 Å². The van der Waals surface area contributed by atoms with Crippen LogP contribution in [-0.2, 0) is 50.1 Å². The van der Waals surface area contributed by atoms with Crippen LogP contribution in [0, 0.1) is 47.4 Å². The Kier molecular flexibility index (Phi) is 29.6. The molecule has 0 bridgehead atoms. The molecule has 8 saturated heterocycles. The summed E-state index contributed by atoms with van der Waals surface area (Å²) in [5.74, 6) is 24.1. The molecule has 21 rings (SSSR count). The third kappa shape index (κ3) is 21.7. The summed E-state index contributed by atoms with van der Waals surface area (Å²) >= 11 is 0. The highest BCUT2D eigenvalue weighted by molar-refractivity contribution is 6.14. The van der Waals surface area contributed by atoms with Gasteiger partial charge in [-0.2, -0.15) is 0 Å². The third-order valence-corrected chi connectivity index (χ3v) is 27.8. The van der Waals surface area contributed by atoms with Crippen LogP contribution in [0.1, 0.15) is 127 Å². The molecule has 43 heteroatoms. The molecule has 0 spiro atoms. The summed E-state index contributed by atoms with van der Waals surface area (Å²) < 4.78 is 26.3. The molecule has 8 aromatic carbocycles. The molecule has 12 heterocycles. The van der Waals surface area contributed by atoms with Gasteiger partial charge in [-0.05, 0) is 170 Å². The molecule has 150 heavy (non-hydrogen) atoms. The Morgan fingerprint density at radius 3 is 0.900 bits per heavy atom. The minimum Gasteiger partial charge on any atom is -0.497 e. The van der Waals surface area contributed by atoms with Crippen LogP contribution in [0.15, 0.2) is 190 Å². The van der Waals surface area contributed by atoms with Crippen molar-refractivity contribution in [2.75, 3.05) is 153 Å². The van der Waals surface area contributed by atoms with Gasteiger partial charge in [0.1, 0.15) is 23.0 Å². The van der Waals surface area contributed by atoms with Crippen molar-refractivity contribution in [2.24, 2.45) is 20.6 Å². The zero-order chi connectivity index (χ0) is 105. The first-order chi connectivity index (χ1) is 72.5. The van der Waals surface area contributed by atoms with Crippen LogP contribution in [0.4, 0.5) is 19.2 Å². The van der Waals surface area contributed by atoms with E-state index in [0.29, 0.717) is 141 Å². The van der Waals surface area contributed by atoms with Crippen LogP contribution in [0.5, 0.6) is 23.0 Å². The maximum absolute atomic E-state index is 13.1. The predicted molar refractivity (Wildman–Crippen MR) is 539 cm³/mol. The van der Waals surface area contributed by atoms with E-state index >= 15 is 0 Å². The fourth-order valence-electron chi connectivity index (χ4n) is 19.3. The second-order valence-electron chi connectivity index (χ2n) is 37.5. The van der Waals surface area contributed by atoms with Crippen LogP contribution in [0.2, 0.25) is 0 Å². The number of amides is 16. The van der Waals surface area contributed by atoms with Gasteiger partial charge < -0.3 is 110 Å². The van der Waals surface area contributed by atoms with Gasteiger partial charge in [0.05, 0.1) is 67.8 Å². The lowest BCUT2D eigenvalue weighted by atomic mass is 9.98. The second kappa shape index (κ2) is 43.6. The number of fused-ring (bicyclic) bond motifs is 4. The molecule has 12 N–H and O–H groups in total. The Morgan fingerprint density at radius 1 is 0.340 bits per heavy atom. The topological polar surface area (TPSA) is 510 Å². The Balaban J connectivity index is 0.000000131. The molecular weight excluding hydrogens is 1930 g/mol. The number of hydrogen-bond donors (Lipinski definition) is 12. The number of methoxy groups -OCH3 is 4. The first kappa shape index (κ1) is 102. The number of oxime groups is 4. The van der Waals surface area contributed by atoms with Gasteiger partial charge in [-0.1, -0.05) is 117 Å². The highest BCUT2D eigenvalue weighted by Crippen LogP contribution is 2.36. The Morgan fingerprint density at radius 2 is 0.627 bits per heavy atom. The van der Waals surface area contributed by atoms with Gasteiger partial charge in [-0.3, -0.25) is 64.5 Å². The zero-order valence-corrected chi connectivity index (χ0v) is 82.4. The molecule has 770 valence electrons. The van der Waals surface area contributed by atoms with Crippen LogP contribution < -0.4 is 61.5 Å². The summed E-state index contributed by atoms with van der Waals surface area (Å²) in [5, 5.41) is 71.9. The van der Waals surface area contributed by atoms with Gasteiger partial charge in [0.15, 0.2) is 23.3 Å². The van der Waals surface area contributed by atoms with Crippen LogP contribution >= 0.6 is 0 Å². The molecule has 0 radical (unpaired) electrons. The number of carbonyl (C=O) groups excluding carboxylic acids is 12. The lowest BCUT2D eigenvalue weighted by molar-refractivity contribution is -0.123. The fourth-order valence-corrected chi connectivity index (χ4v) is 19.3. The number of imide groups is 4. The van der Waals surface area contributed by atoms with Crippen LogP contribution in [-0.4, -0.2) is 346 Å². The van der Waals surface area contributed by atoms with Gasteiger partial charge in [-0.15, -0.1) is 0 Å². The number of nitrogens with zero attached hydrogens (tertiary/aromatic N) is 14. The molecule has 0 aromatic heterocycles. The zero-order valence-electron chi connectivity index (χ0n) is 82.4. The van der Waals surface area contributed by atoms with Gasteiger partial charge >= 0.3 is 24.1 Å². The first-order valence-electron chi connectivity index (χ1n) is 48.4. The van der Waals surface area contributed by atoms with Crippen molar-refractivity contribution < 1.29 is 102 Å². The van der Waals surface area contributed by atoms with Crippen molar-refractivity contribution in [3.63, 3.8) is 0 Å². The number of carbonyl (C=O) groups is 12. The minimum absolute atomic E-state index is 0.109. The van der Waals surface area contributed by atoms with E-state index in [1.807, 2.05) is 58.1 Å². The van der Waals surface area contributed by atoms with E-state index in [2.05, 4.69) is 125 Å². The Bertz CT molecular complexity index is 7180. The van der Waals surface area contributed by atoms with E-state index in [0.717, 1.165) is 105 Å². The van der Waals surface area contributed by atoms with E-state index in [9.17, 15) is 78.4 Å². The Labute approximate surface area is 860 Å². The normalized spacial score (nSPS) is 21.7. The van der Waals surface area contributed by atoms with Crippen molar-refractivity contribution in [2.45, 2.75) is 73.6 Å². The number of nitrogens with one attached hydrogen (secondary N) is 8. The molecule has 0 unspecified atom stereocenters. The molecule has 8 aromatic rings. The highest BCUT2D eigenvalue weighted by Gasteiger charge is 2.53. The van der Waals surface area contributed by atoms with Crippen molar-refractivity contribution in [1.82, 2.24) is 91.5 Å². The number of rotatable bonds is 17. The molecule has 43 nitrogen and oxygen atoms in total. The minimum atomic E-state index is -1.63. The predicted octanol–water partition coefficient (Wildman–Crippen LogP) is 3.73. The number of morpholine rings is 1. The summed E-state index contributed by atoms with van der Waals surface area (Å²) in [6.07, 6.45) is 3.59. The van der Waals surface area contributed by atoms with Crippen LogP contribution in [0.3, 0.4) is 0 Å².